The SMILES string of the molecule is CN1C(=O)[C@H](Cc2ccc(Cl)cc2)NC(=O)[C@@H]1COCc1ccccc1. The van der Waals surface area contributed by atoms with Crippen molar-refractivity contribution < 1.29 is 14.3 Å². The molecule has 0 spiro atoms. The molecule has 136 valence electrons. The zero-order valence-electron chi connectivity index (χ0n) is 14.5. The highest BCUT2D eigenvalue weighted by atomic mass is 35.5. The fraction of sp³-hybridized carbons (Fsp3) is 0.300. The normalized spacial score (nSPS) is 20.2. The highest BCUT2D eigenvalue weighted by Crippen LogP contribution is 2.15. The van der Waals surface area contributed by atoms with Crippen LogP contribution < -0.4 is 5.32 Å². The number of likely N-dealkylation sites (N-methyl/N-ethyl adjacent to an activating group) is 1. The van der Waals surface area contributed by atoms with E-state index in [4.69, 9.17) is 16.3 Å². The maximum absolute atomic E-state index is 12.6. The number of amides is 2. The number of hydrogen-bond donors (Lipinski definition) is 1. The molecular formula is C20H21ClN2O3. The summed E-state index contributed by atoms with van der Waals surface area (Å²) in [6.07, 6.45) is 0.434. The van der Waals surface area contributed by atoms with Crippen LogP contribution in [0.3, 0.4) is 0 Å². The Hall–Kier alpha value is -2.37. The number of carbonyl (C=O) groups is 2. The Bertz CT molecular complexity index is 764. The highest BCUT2D eigenvalue weighted by Gasteiger charge is 2.38. The van der Waals surface area contributed by atoms with Crippen molar-refractivity contribution in [2.75, 3.05) is 13.7 Å². The monoisotopic (exact) mass is 372 g/mol. The van der Waals surface area contributed by atoms with Gasteiger partial charge in [0.1, 0.15) is 12.1 Å². The fourth-order valence-electron chi connectivity index (χ4n) is 2.95. The molecular weight excluding hydrogens is 352 g/mol. The van der Waals surface area contributed by atoms with Gasteiger partial charge < -0.3 is 15.0 Å². The zero-order chi connectivity index (χ0) is 18.5. The first kappa shape index (κ1) is 18.4. The third kappa shape index (κ3) is 4.42. The molecule has 0 unspecified atom stereocenters. The summed E-state index contributed by atoms with van der Waals surface area (Å²) >= 11 is 5.88. The second-order valence-electron chi connectivity index (χ2n) is 6.36. The smallest absolute Gasteiger partial charge is 0.245 e. The van der Waals surface area contributed by atoms with Gasteiger partial charge in [0.15, 0.2) is 0 Å². The van der Waals surface area contributed by atoms with E-state index in [0.717, 1.165) is 11.1 Å². The van der Waals surface area contributed by atoms with Gasteiger partial charge in [-0.3, -0.25) is 9.59 Å². The Kier molecular flexibility index (Phi) is 5.91. The molecule has 2 aromatic carbocycles. The number of benzene rings is 2. The second-order valence-corrected chi connectivity index (χ2v) is 6.79. The number of ether oxygens (including phenoxy) is 1. The summed E-state index contributed by atoms with van der Waals surface area (Å²) in [4.78, 5) is 26.5. The van der Waals surface area contributed by atoms with Crippen LogP contribution in [0.15, 0.2) is 54.6 Å². The van der Waals surface area contributed by atoms with E-state index in [0.29, 0.717) is 18.1 Å². The van der Waals surface area contributed by atoms with E-state index in [1.807, 2.05) is 42.5 Å². The van der Waals surface area contributed by atoms with Crippen LogP contribution in [0.2, 0.25) is 5.02 Å². The van der Waals surface area contributed by atoms with E-state index < -0.39 is 12.1 Å². The standard InChI is InChI=1S/C20H21ClN2O3/c1-23-18(13-26-12-15-5-3-2-4-6-15)19(24)22-17(20(23)25)11-14-7-9-16(21)10-8-14/h2-10,17-18H,11-13H2,1H3,(H,22,24)/t17-,18-/m0/s1. The molecule has 1 fully saturated rings. The van der Waals surface area contributed by atoms with E-state index in [-0.39, 0.29) is 18.4 Å². The Balaban J connectivity index is 1.57. The molecule has 0 bridgehead atoms. The summed E-state index contributed by atoms with van der Waals surface area (Å²) in [6, 6.07) is 15.8. The van der Waals surface area contributed by atoms with Gasteiger partial charge in [0.2, 0.25) is 11.8 Å². The Morgan fingerprint density at radius 1 is 1.04 bits per heavy atom. The van der Waals surface area contributed by atoms with Gasteiger partial charge in [0.05, 0.1) is 13.2 Å². The molecule has 1 N–H and O–H groups in total. The molecule has 0 aromatic heterocycles. The number of halogens is 1. The third-order valence-electron chi connectivity index (χ3n) is 4.47. The highest BCUT2D eigenvalue weighted by molar-refractivity contribution is 6.30. The number of piperazine rings is 1. The molecule has 2 amide bonds. The minimum absolute atomic E-state index is 0.118. The molecule has 3 rings (SSSR count). The Morgan fingerprint density at radius 2 is 1.73 bits per heavy atom. The third-order valence-corrected chi connectivity index (χ3v) is 4.72. The predicted octanol–water partition coefficient (Wildman–Crippen LogP) is 2.42. The van der Waals surface area contributed by atoms with Crippen LogP contribution in [0.1, 0.15) is 11.1 Å². The van der Waals surface area contributed by atoms with Gasteiger partial charge in [0, 0.05) is 18.5 Å². The molecule has 1 aliphatic heterocycles. The van der Waals surface area contributed by atoms with E-state index in [9.17, 15) is 9.59 Å². The predicted molar refractivity (Wildman–Crippen MR) is 99.7 cm³/mol. The molecule has 0 saturated carbocycles. The van der Waals surface area contributed by atoms with Crippen LogP contribution in [0.4, 0.5) is 0 Å². The lowest BCUT2D eigenvalue weighted by Crippen LogP contribution is -2.63. The van der Waals surface area contributed by atoms with Gasteiger partial charge in [-0.25, -0.2) is 0 Å². The minimum atomic E-state index is -0.618. The molecule has 2 aromatic rings. The summed E-state index contributed by atoms with van der Waals surface area (Å²) in [7, 11) is 1.65. The first-order chi connectivity index (χ1) is 12.5. The molecule has 6 heteroatoms. The molecule has 1 heterocycles. The maximum Gasteiger partial charge on any atom is 0.245 e. The van der Waals surface area contributed by atoms with Crippen LogP contribution in [0.25, 0.3) is 0 Å². The van der Waals surface area contributed by atoms with Gasteiger partial charge in [-0.15, -0.1) is 0 Å². The average Bonchev–Trinajstić information content (AvgIpc) is 2.65. The topological polar surface area (TPSA) is 58.6 Å². The van der Waals surface area contributed by atoms with Gasteiger partial charge in [0.25, 0.3) is 0 Å². The van der Waals surface area contributed by atoms with Gasteiger partial charge in [-0.1, -0.05) is 54.1 Å². The van der Waals surface area contributed by atoms with Crippen LogP contribution in [-0.2, 0) is 27.4 Å². The summed E-state index contributed by atoms with van der Waals surface area (Å²) < 4.78 is 5.65. The summed E-state index contributed by atoms with van der Waals surface area (Å²) in [5, 5.41) is 3.45. The van der Waals surface area contributed by atoms with Crippen LogP contribution in [-0.4, -0.2) is 42.5 Å². The van der Waals surface area contributed by atoms with Crippen molar-refractivity contribution in [3.63, 3.8) is 0 Å². The number of nitrogens with zero attached hydrogens (tertiary/aromatic N) is 1. The van der Waals surface area contributed by atoms with E-state index in [2.05, 4.69) is 5.32 Å². The second kappa shape index (κ2) is 8.34. The molecule has 0 aliphatic carbocycles. The summed E-state index contributed by atoms with van der Waals surface area (Å²) in [5.74, 6) is -0.313. The van der Waals surface area contributed by atoms with Crippen molar-refractivity contribution in [2.45, 2.75) is 25.1 Å². The Morgan fingerprint density at radius 3 is 2.42 bits per heavy atom. The van der Waals surface area contributed by atoms with Crippen LogP contribution >= 0.6 is 11.6 Å². The van der Waals surface area contributed by atoms with Crippen LogP contribution in [0, 0.1) is 0 Å². The number of carbonyl (C=O) groups excluding carboxylic acids is 2. The van der Waals surface area contributed by atoms with E-state index >= 15 is 0 Å². The molecule has 26 heavy (non-hydrogen) atoms. The largest absolute Gasteiger partial charge is 0.374 e. The van der Waals surface area contributed by atoms with Crippen LogP contribution in [0.5, 0.6) is 0 Å². The molecule has 1 saturated heterocycles. The molecule has 0 radical (unpaired) electrons. The van der Waals surface area contributed by atoms with Crippen molar-refractivity contribution >= 4 is 23.4 Å². The number of nitrogens with one attached hydrogen (secondary N) is 1. The number of hydrogen-bond acceptors (Lipinski definition) is 3. The van der Waals surface area contributed by atoms with Crippen molar-refractivity contribution in [2.24, 2.45) is 0 Å². The van der Waals surface area contributed by atoms with E-state index in [1.165, 1.54) is 4.90 Å². The summed E-state index contributed by atoms with van der Waals surface area (Å²) in [5.41, 5.74) is 1.97. The van der Waals surface area contributed by atoms with Crippen molar-refractivity contribution in [1.82, 2.24) is 10.2 Å². The first-order valence-corrected chi connectivity index (χ1v) is 8.85. The molecule has 1 aliphatic rings. The van der Waals surface area contributed by atoms with Crippen molar-refractivity contribution in [3.8, 4) is 0 Å². The molecule has 2 atom stereocenters. The van der Waals surface area contributed by atoms with E-state index in [1.54, 1.807) is 19.2 Å². The Labute approximate surface area is 157 Å². The summed E-state index contributed by atoms with van der Waals surface area (Å²) in [6.45, 7) is 0.567. The lowest BCUT2D eigenvalue weighted by molar-refractivity contribution is -0.150. The van der Waals surface area contributed by atoms with Crippen molar-refractivity contribution in [3.05, 3.63) is 70.7 Å². The lowest BCUT2D eigenvalue weighted by atomic mass is 10.0. The quantitative estimate of drug-likeness (QED) is 0.847. The number of rotatable bonds is 6. The lowest BCUT2D eigenvalue weighted by Gasteiger charge is -2.36. The zero-order valence-corrected chi connectivity index (χ0v) is 15.3. The van der Waals surface area contributed by atoms with Crippen molar-refractivity contribution in [1.29, 1.82) is 0 Å². The first-order valence-electron chi connectivity index (χ1n) is 8.48. The fourth-order valence-corrected chi connectivity index (χ4v) is 3.08. The van der Waals surface area contributed by atoms with Gasteiger partial charge in [-0.2, -0.15) is 0 Å². The minimum Gasteiger partial charge on any atom is -0.374 e. The molecule has 5 nitrogen and oxygen atoms in total. The van der Waals surface area contributed by atoms with Gasteiger partial charge in [-0.05, 0) is 23.3 Å². The van der Waals surface area contributed by atoms with Gasteiger partial charge >= 0.3 is 0 Å². The average molecular weight is 373 g/mol. The maximum atomic E-state index is 12.6.